The minimum absolute atomic E-state index is 0.0750. The van der Waals surface area contributed by atoms with E-state index in [1.807, 2.05) is 13.0 Å². The molecule has 0 amide bonds. The highest BCUT2D eigenvalue weighted by molar-refractivity contribution is 5.34. The van der Waals surface area contributed by atoms with E-state index in [9.17, 15) is 4.39 Å². The van der Waals surface area contributed by atoms with Crippen molar-refractivity contribution in [3.05, 3.63) is 35.1 Å². The van der Waals surface area contributed by atoms with Crippen molar-refractivity contribution in [1.82, 2.24) is 0 Å². The topological polar surface area (TPSA) is 26.0 Å². The van der Waals surface area contributed by atoms with Gasteiger partial charge < -0.3 is 5.73 Å². The molecule has 2 atom stereocenters. The molecule has 0 spiro atoms. The molecule has 0 aromatic heterocycles. The van der Waals surface area contributed by atoms with Crippen molar-refractivity contribution in [2.75, 3.05) is 0 Å². The number of hydrogen-bond donors (Lipinski definition) is 1. The molecule has 82 valence electrons. The molecular weight excluding hydrogens is 189 g/mol. The molecule has 0 radical (unpaired) electrons. The van der Waals surface area contributed by atoms with E-state index < -0.39 is 0 Å². The van der Waals surface area contributed by atoms with Crippen LogP contribution in [0.4, 0.5) is 4.39 Å². The van der Waals surface area contributed by atoms with Gasteiger partial charge in [0.2, 0.25) is 0 Å². The van der Waals surface area contributed by atoms with Crippen LogP contribution >= 0.6 is 0 Å². The normalized spacial score (nSPS) is 30.8. The zero-order valence-electron chi connectivity index (χ0n) is 9.39. The average Bonchev–Trinajstić information content (AvgIpc) is 2.52. The van der Waals surface area contributed by atoms with E-state index in [0.29, 0.717) is 0 Å². The van der Waals surface area contributed by atoms with Crippen LogP contribution in [-0.2, 0) is 5.41 Å². The molecule has 1 aliphatic carbocycles. The molecule has 0 bridgehead atoms. The lowest BCUT2D eigenvalue weighted by atomic mass is 9.78. The molecule has 1 fully saturated rings. The monoisotopic (exact) mass is 207 g/mol. The van der Waals surface area contributed by atoms with Gasteiger partial charge in [0, 0.05) is 6.04 Å². The number of nitrogens with two attached hydrogens (primary N) is 1. The second kappa shape index (κ2) is 3.60. The van der Waals surface area contributed by atoms with Crippen molar-refractivity contribution in [2.24, 2.45) is 5.73 Å². The summed E-state index contributed by atoms with van der Waals surface area (Å²) in [7, 11) is 0. The molecule has 0 aliphatic heterocycles. The van der Waals surface area contributed by atoms with Crippen LogP contribution in [-0.4, -0.2) is 6.04 Å². The highest BCUT2D eigenvalue weighted by atomic mass is 19.1. The smallest absolute Gasteiger partial charge is 0.123 e. The fourth-order valence-corrected chi connectivity index (χ4v) is 2.78. The predicted octanol–water partition coefficient (Wildman–Crippen LogP) is 2.90. The minimum atomic E-state index is -0.141. The molecule has 0 heterocycles. The van der Waals surface area contributed by atoms with Crippen LogP contribution in [0.15, 0.2) is 18.2 Å². The van der Waals surface area contributed by atoms with Crippen LogP contribution in [0.5, 0.6) is 0 Å². The Labute approximate surface area is 90.5 Å². The highest BCUT2D eigenvalue weighted by Crippen LogP contribution is 2.41. The first-order chi connectivity index (χ1) is 7.01. The Morgan fingerprint density at radius 2 is 2.20 bits per heavy atom. The van der Waals surface area contributed by atoms with Gasteiger partial charge in [-0.15, -0.1) is 0 Å². The van der Waals surface area contributed by atoms with Gasteiger partial charge in [0.15, 0.2) is 0 Å². The number of hydrogen-bond acceptors (Lipinski definition) is 1. The molecule has 2 rings (SSSR count). The summed E-state index contributed by atoms with van der Waals surface area (Å²) in [4.78, 5) is 0. The van der Waals surface area contributed by atoms with Gasteiger partial charge in [-0.2, -0.15) is 0 Å². The van der Waals surface area contributed by atoms with Crippen LogP contribution in [0.25, 0.3) is 0 Å². The van der Waals surface area contributed by atoms with Gasteiger partial charge in [0.05, 0.1) is 0 Å². The van der Waals surface area contributed by atoms with E-state index in [4.69, 9.17) is 5.73 Å². The first-order valence-electron chi connectivity index (χ1n) is 5.53. The lowest BCUT2D eigenvalue weighted by Crippen LogP contribution is -2.23. The van der Waals surface area contributed by atoms with Crippen LogP contribution in [0.3, 0.4) is 0 Å². The van der Waals surface area contributed by atoms with Crippen molar-refractivity contribution in [3.8, 4) is 0 Å². The Bertz CT molecular complexity index is 375. The van der Waals surface area contributed by atoms with E-state index in [0.717, 1.165) is 24.8 Å². The Kier molecular flexibility index (Phi) is 2.55. The second-order valence-electron chi connectivity index (χ2n) is 5.02. The van der Waals surface area contributed by atoms with Crippen LogP contribution in [0, 0.1) is 12.7 Å². The van der Waals surface area contributed by atoms with Crippen molar-refractivity contribution >= 4 is 0 Å². The Hall–Kier alpha value is -0.890. The summed E-state index contributed by atoms with van der Waals surface area (Å²) < 4.78 is 13.2. The fourth-order valence-electron chi connectivity index (χ4n) is 2.78. The quantitative estimate of drug-likeness (QED) is 0.753. The van der Waals surface area contributed by atoms with Gasteiger partial charge in [-0.05, 0) is 54.9 Å². The average molecular weight is 207 g/mol. The zero-order chi connectivity index (χ0) is 11.1. The Morgan fingerprint density at radius 1 is 1.47 bits per heavy atom. The first kappa shape index (κ1) is 10.6. The van der Waals surface area contributed by atoms with Gasteiger partial charge >= 0.3 is 0 Å². The van der Waals surface area contributed by atoms with E-state index >= 15 is 0 Å². The summed E-state index contributed by atoms with van der Waals surface area (Å²) in [6.07, 6.45) is 3.09. The molecule has 1 aliphatic rings. The molecule has 1 aromatic rings. The predicted molar refractivity (Wildman–Crippen MR) is 60.3 cm³/mol. The van der Waals surface area contributed by atoms with E-state index in [-0.39, 0.29) is 17.3 Å². The van der Waals surface area contributed by atoms with E-state index in [2.05, 4.69) is 6.92 Å². The number of rotatable bonds is 1. The third kappa shape index (κ3) is 1.91. The summed E-state index contributed by atoms with van der Waals surface area (Å²) in [6.45, 7) is 4.24. The Balaban J connectivity index is 2.40. The van der Waals surface area contributed by atoms with Gasteiger partial charge in [-0.3, -0.25) is 0 Å². The molecule has 2 N–H and O–H groups in total. The SMILES string of the molecule is Cc1ccc(F)cc1C1(C)CCC(N)C1. The van der Waals surface area contributed by atoms with Crippen molar-refractivity contribution < 1.29 is 4.39 Å². The van der Waals surface area contributed by atoms with Crippen LogP contribution in [0.1, 0.15) is 37.3 Å². The second-order valence-corrected chi connectivity index (χ2v) is 5.02. The van der Waals surface area contributed by atoms with Crippen LogP contribution in [0.2, 0.25) is 0 Å². The largest absolute Gasteiger partial charge is 0.328 e. The summed E-state index contributed by atoms with van der Waals surface area (Å²) in [5.41, 5.74) is 8.33. The summed E-state index contributed by atoms with van der Waals surface area (Å²) in [6, 6.07) is 5.34. The molecule has 15 heavy (non-hydrogen) atoms. The maximum Gasteiger partial charge on any atom is 0.123 e. The lowest BCUT2D eigenvalue weighted by Gasteiger charge is -2.26. The first-order valence-corrected chi connectivity index (χ1v) is 5.53. The standard InChI is InChI=1S/C13H18FN/c1-9-3-4-10(14)7-12(9)13(2)6-5-11(15)8-13/h3-4,7,11H,5-6,8,15H2,1-2H3. The summed E-state index contributed by atoms with van der Waals surface area (Å²) in [5, 5.41) is 0. The minimum Gasteiger partial charge on any atom is -0.328 e. The molecule has 0 saturated heterocycles. The lowest BCUT2D eigenvalue weighted by molar-refractivity contribution is 0.475. The third-order valence-electron chi connectivity index (χ3n) is 3.63. The number of halogens is 1. The molecule has 1 nitrogen and oxygen atoms in total. The van der Waals surface area contributed by atoms with Crippen molar-refractivity contribution in [3.63, 3.8) is 0 Å². The fraction of sp³-hybridized carbons (Fsp3) is 0.538. The molecule has 1 saturated carbocycles. The maximum atomic E-state index is 13.2. The summed E-state index contributed by atoms with van der Waals surface area (Å²) in [5.74, 6) is -0.141. The third-order valence-corrected chi connectivity index (χ3v) is 3.63. The summed E-state index contributed by atoms with van der Waals surface area (Å²) >= 11 is 0. The molecular formula is C13H18FN. The highest BCUT2D eigenvalue weighted by Gasteiger charge is 2.35. The number of benzene rings is 1. The van der Waals surface area contributed by atoms with E-state index in [1.54, 1.807) is 6.07 Å². The van der Waals surface area contributed by atoms with Crippen molar-refractivity contribution in [2.45, 2.75) is 44.6 Å². The molecule has 1 aromatic carbocycles. The maximum absolute atomic E-state index is 13.2. The van der Waals surface area contributed by atoms with Crippen LogP contribution < -0.4 is 5.73 Å². The van der Waals surface area contributed by atoms with Gasteiger partial charge in [0.25, 0.3) is 0 Å². The van der Waals surface area contributed by atoms with Gasteiger partial charge in [0.1, 0.15) is 5.82 Å². The number of aryl methyl sites for hydroxylation is 1. The van der Waals surface area contributed by atoms with E-state index in [1.165, 1.54) is 11.6 Å². The zero-order valence-corrected chi connectivity index (χ0v) is 9.39. The Morgan fingerprint density at radius 3 is 2.80 bits per heavy atom. The molecule has 2 heteroatoms. The van der Waals surface area contributed by atoms with Crippen molar-refractivity contribution in [1.29, 1.82) is 0 Å². The van der Waals surface area contributed by atoms with Gasteiger partial charge in [-0.1, -0.05) is 13.0 Å². The molecule has 2 unspecified atom stereocenters. The van der Waals surface area contributed by atoms with Gasteiger partial charge in [-0.25, -0.2) is 4.39 Å².